The maximum atomic E-state index is 12.4. The zero-order chi connectivity index (χ0) is 23.0. The number of aliphatic carboxylic acids is 1. The van der Waals surface area contributed by atoms with E-state index in [9.17, 15) is 14.7 Å². The van der Waals surface area contributed by atoms with E-state index in [0.717, 1.165) is 17.0 Å². The number of carboxylic acids is 1. The third-order valence-corrected chi connectivity index (χ3v) is 5.69. The van der Waals surface area contributed by atoms with Gasteiger partial charge in [-0.05, 0) is 29.8 Å². The summed E-state index contributed by atoms with van der Waals surface area (Å²) in [6.07, 6.45) is 2.82. The standard InChI is InChI=1S/C23H22N4O5S/c28-21(12-19(22(29)30)24-13-17-8-4-10-31-17)25-26-23-27(14-18-9-5-11-32-18)20(15-33-23)16-6-2-1-3-7-16/h1-11,15,19,24H,12-14H2,(H,25,28)(H,29,30)/b26-23-. The minimum Gasteiger partial charge on any atom is -0.480 e. The quantitative estimate of drug-likeness (QED) is 0.309. The summed E-state index contributed by atoms with van der Waals surface area (Å²) in [6, 6.07) is 15.8. The zero-order valence-corrected chi connectivity index (χ0v) is 18.3. The van der Waals surface area contributed by atoms with Gasteiger partial charge in [-0.3, -0.25) is 14.9 Å². The number of aromatic nitrogens is 1. The minimum absolute atomic E-state index is 0.197. The Kier molecular flexibility index (Phi) is 7.18. The average Bonchev–Trinajstić information content (AvgIpc) is 3.59. The van der Waals surface area contributed by atoms with Gasteiger partial charge in [-0.1, -0.05) is 30.3 Å². The van der Waals surface area contributed by atoms with Crippen molar-refractivity contribution in [2.75, 3.05) is 0 Å². The minimum atomic E-state index is -1.13. The number of nitrogens with zero attached hydrogens (tertiary/aromatic N) is 2. The molecule has 0 bridgehead atoms. The van der Waals surface area contributed by atoms with Crippen LogP contribution in [0, 0.1) is 0 Å². The second kappa shape index (κ2) is 10.6. The largest absolute Gasteiger partial charge is 0.480 e. The highest BCUT2D eigenvalue weighted by atomic mass is 32.1. The summed E-state index contributed by atoms with van der Waals surface area (Å²) >= 11 is 1.36. The molecule has 1 atom stereocenters. The van der Waals surface area contributed by atoms with Crippen LogP contribution < -0.4 is 15.5 Å². The van der Waals surface area contributed by atoms with Crippen LogP contribution in [0.2, 0.25) is 0 Å². The van der Waals surface area contributed by atoms with Crippen molar-refractivity contribution in [2.45, 2.75) is 25.6 Å². The van der Waals surface area contributed by atoms with E-state index >= 15 is 0 Å². The monoisotopic (exact) mass is 466 g/mol. The van der Waals surface area contributed by atoms with Crippen LogP contribution in [0.15, 0.2) is 86.4 Å². The molecule has 0 aliphatic rings. The average molecular weight is 467 g/mol. The molecule has 1 amide bonds. The summed E-state index contributed by atoms with van der Waals surface area (Å²) in [4.78, 5) is 24.5. The molecule has 3 aromatic heterocycles. The van der Waals surface area contributed by atoms with Gasteiger partial charge in [-0.15, -0.1) is 16.4 Å². The van der Waals surface area contributed by atoms with Crippen molar-refractivity contribution in [3.05, 3.63) is 88.8 Å². The van der Waals surface area contributed by atoms with Gasteiger partial charge in [-0.25, -0.2) is 5.43 Å². The number of benzene rings is 1. The molecule has 1 aromatic carbocycles. The molecule has 4 rings (SSSR count). The number of rotatable bonds is 10. The molecule has 33 heavy (non-hydrogen) atoms. The number of carboxylic acid groups (broad SMARTS) is 1. The van der Waals surface area contributed by atoms with Crippen LogP contribution in [0.4, 0.5) is 0 Å². The van der Waals surface area contributed by atoms with Gasteiger partial charge >= 0.3 is 5.97 Å². The highest BCUT2D eigenvalue weighted by molar-refractivity contribution is 7.07. The van der Waals surface area contributed by atoms with Crippen LogP contribution in [-0.4, -0.2) is 27.6 Å². The van der Waals surface area contributed by atoms with Gasteiger partial charge in [0.05, 0.1) is 37.7 Å². The molecule has 0 aliphatic heterocycles. The molecule has 9 nitrogen and oxygen atoms in total. The topological polar surface area (TPSA) is 122 Å². The first-order chi connectivity index (χ1) is 16.1. The molecule has 0 saturated heterocycles. The number of furan rings is 2. The highest BCUT2D eigenvalue weighted by Gasteiger charge is 2.21. The van der Waals surface area contributed by atoms with Crippen molar-refractivity contribution in [3.63, 3.8) is 0 Å². The fourth-order valence-electron chi connectivity index (χ4n) is 3.19. The van der Waals surface area contributed by atoms with Crippen LogP contribution >= 0.6 is 11.3 Å². The lowest BCUT2D eigenvalue weighted by Gasteiger charge is -2.12. The van der Waals surface area contributed by atoms with Gasteiger partial charge < -0.3 is 18.5 Å². The van der Waals surface area contributed by atoms with E-state index in [0.29, 0.717) is 17.1 Å². The molecule has 0 radical (unpaired) electrons. The Morgan fingerprint density at radius 1 is 1.03 bits per heavy atom. The van der Waals surface area contributed by atoms with E-state index < -0.39 is 17.9 Å². The van der Waals surface area contributed by atoms with Crippen molar-refractivity contribution in [2.24, 2.45) is 5.10 Å². The van der Waals surface area contributed by atoms with Crippen LogP contribution in [0.25, 0.3) is 11.3 Å². The molecule has 10 heteroatoms. The smallest absolute Gasteiger partial charge is 0.321 e. The lowest BCUT2D eigenvalue weighted by Crippen LogP contribution is -2.40. The Balaban J connectivity index is 1.50. The maximum absolute atomic E-state index is 12.4. The molecule has 1 unspecified atom stereocenters. The van der Waals surface area contributed by atoms with Crippen molar-refractivity contribution in [1.82, 2.24) is 15.3 Å². The van der Waals surface area contributed by atoms with Crippen molar-refractivity contribution in [1.29, 1.82) is 0 Å². The summed E-state index contributed by atoms with van der Waals surface area (Å²) in [7, 11) is 0. The summed E-state index contributed by atoms with van der Waals surface area (Å²) in [5.74, 6) is -0.329. The van der Waals surface area contributed by atoms with Gasteiger partial charge in [0.15, 0.2) is 0 Å². The summed E-state index contributed by atoms with van der Waals surface area (Å²) in [5, 5.41) is 18.5. The van der Waals surface area contributed by atoms with E-state index in [1.54, 1.807) is 18.4 Å². The molecular weight excluding hydrogens is 444 g/mol. The molecule has 0 aliphatic carbocycles. The fraction of sp³-hybridized carbons (Fsp3) is 0.174. The molecule has 3 N–H and O–H groups in total. The predicted octanol–water partition coefficient (Wildman–Crippen LogP) is 3.02. The number of amides is 1. The third kappa shape index (κ3) is 5.88. The maximum Gasteiger partial charge on any atom is 0.321 e. The number of hydrogen-bond donors (Lipinski definition) is 3. The van der Waals surface area contributed by atoms with Gasteiger partial charge in [0, 0.05) is 5.38 Å². The number of thiazole rings is 1. The normalized spacial score (nSPS) is 12.5. The van der Waals surface area contributed by atoms with Gasteiger partial charge in [0.2, 0.25) is 10.7 Å². The number of nitrogens with one attached hydrogen (secondary N) is 2. The summed E-state index contributed by atoms with van der Waals surface area (Å²) in [6.45, 7) is 0.626. The number of hydrogen-bond acceptors (Lipinski definition) is 7. The molecule has 0 fully saturated rings. The van der Waals surface area contributed by atoms with Gasteiger partial charge in [0.25, 0.3) is 0 Å². The van der Waals surface area contributed by atoms with Crippen LogP contribution in [0.1, 0.15) is 17.9 Å². The van der Waals surface area contributed by atoms with E-state index in [2.05, 4.69) is 15.8 Å². The Labute approximate surface area is 193 Å². The molecule has 0 spiro atoms. The van der Waals surface area contributed by atoms with Crippen LogP contribution in [0.3, 0.4) is 0 Å². The number of carbonyl (C=O) groups is 2. The van der Waals surface area contributed by atoms with Gasteiger partial charge in [0.1, 0.15) is 17.6 Å². The predicted molar refractivity (Wildman–Crippen MR) is 121 cm³/mol. The van der Waals surface area contributed by atoms with Crippen LogP contribution in [-0.2, 0) is 22.7 Å². The molecule has 3 heterocycles. The Morgan fingerprint density at radius 3 is 2.42 bits per heavy atom. The summed E-state index contributed by atoms with van der Waals surface area (Å²) < 4.78 is 12.6. The number of carbonyl (C=O) groups excluding carboxylic acids is 1. The summed E-state index contributed by atoms with van der Waals surface area (Å²) in [5.41, 5.74) is 4.41. The Hall–Kier alpha value is -3.89. The van der Waals surface area contributed by atoms with E-state index in [1.807, 2.05) is 52.4 Å². The Bertz CT molecular complexity index is 1240. The van der Waals surface area contributed by atoms with Crippen molar-refractivity contribution in [3.8, 4) is 11.3 Å². The molecule has 0 saturated carbocycles. The fourth-order valence-corrected chi connectivity index (χ4v) is 4.06. The van der Waals surface area contributed by atoms with Crippen molar-refractivity contribution < 1.29 is 23.5 Å². The molecule has 4 aromatic rings. The molecule has 170 valence electrons. The SMILES string of the molecule is O=C(CC(NCc1ccco1)C(=O)O)N/N=c1\scc(-c2ccccc2)n1Cc1ccco1. The van der Waals surface area contributed by atoms with Crippen LogP contribution in [0.5, 0.6) is 0 Å². The lowest BCUT2D eigenvalue weighted by atomic mass is 10.2. The second-order valence-electron chi connectivity index (χ2n) is 7.14. The van der Waals surface area contributed by atoms with Gasteiger partial charge in [-0.2, -0.15) is 0 Å². The highest BCUT2D eigenvalue weighted by Crippen LogP contribution is 2.20. The van der Waals surface area contributed by atoms with E-state index in [-0.39, 0.29) is 13.0 Å². The first-order valence-corrected chi connectivity index (χ1v) is 11.1. The lowest BCUT2D eigenvalue weighted by molar-refractivity contribution is -0.141. The van der Waals surface area contributed by atoms with Crippen molar-refractivity contribution >= 4 is 23.2 Å². The van der Waals surface area contributed by atoms with E-state index in [4.69, 9.17) is 8.83 Å². The first-order valence-electron chi connectivity index (χ1n) is 10.2. The third-order valence-electron chi connectivity index (χ3n) is 4.83. The zero-order valence-electron chi connectivity index (χ0n) is 17.5. The van der Waals surface area contributed by atoms with E-state index in [1.165, 1.54) is 17.6 Å². The Morgan fingerprint density at radius 2 is 1.76 bits per heavy atom. The molecular formula is C23H22N4O5S. The second-order valence-corrected chi connectivity index (χ2v) is 7.97. The first kappa shape index (κ1) is 22.3.